The molecule has 1 aliphatic heterocycles. The van der Waals surface area contributed by atoms with Gasteiger partial charge < -0.3 is 15.2 Å². The van der Waals surface area contributed by atoms with Crippen LogP contribution in [0.5, 0.6) is 0 Å². The summed E-state index contributed by atoms with van der Waals surface area (Å²) in [5.41, 5.74) is 3.52. The Morgan fingerprint density at radius 1 is 1.32 bits per heavy atom. The molecule has 0 saturated carbocycles. The molecule has 7 nitrogen and oxygen atoms in total. The van der Waals surface area contributed by atoms with Crippen molar-refractivity contribution in [2.24, 2.45) is 0 Å². The summed E-state index contributed by atoms with van der Waals surface area (Å²) in [7, 11) is 0. The van der Waals surface area contributed by atoms with Gasteiger partial charge in [-0.2, -0.15) is 5.10 Å². The molecule has 3 heterocycles. The van der Waals surface area contributed by atoms with Crippen molar-refractivity contribution >= 4 is 29.2 Å². The fourth-order valence-electron chi connectivity index (χ4n) is 3.27. The molecule has 142 valence electrons. The third-order valence-corrected chi connectivity index (χ3v) is 4.97. The summed E-state index contributed by atoms with van der Waals surface area (Å²) < 4.78 is 2.00. The Hall–Kier alpha value is -3.32. The van der Waals surface area contributed by atoms with Crippen molar-refractivity contribution in [3.8, 4) is 11.4 Å². The Bertz CT molecular complexity index is 1080. The Labute approximate surface area is 166 Å². The molecule has 2 amide bonds. The minimum Gasteiger partial charge on any atom is -0.349 e. The van der Waals surface area contributed by atoms with Gasteiger partial charge in [0.2, 0.25) is 0 Å². The number of amides is 2. The Balaban J connectivity index is 1.60. The summed E-state index contributed by atoms with van der Waals surface area (Å²) in [6, 6.07) is 8.67. The lowest BCUT2D eigenvalue weighted by atomic mass is 10.1. The van der Waals surface area contributed by atoms with Gasteiger partial charge in [0.1, 0.15) is 0 Å². The first-order valence-corrected chi connectivity index (χ1v) is 9.19. The summed E-state index contributed by atoms with van der Waals surface area (Å²) >= 11 is 6.10. The van der Waals surface area contributed by atoms with Crippen molar-refractivity contribution in [1.82, 2.24) is 20.1 Å². The molecular formula is C20H18ClN5O2. The number of aromatic nitrogens is 3. The van der Waals surface area contributed by atoms with Crippen molar-refractivity contribution in [2.75, 3.05) is 11.9 Å². The number of aryl methyl sites for hydroxylation is 1. The minimum absolute atomic E-state index is 0.157. The molecule has 8 heteroatoms. The standard InChI is InChI=1S/C20H18ClN5O2/c1-2-8-22-19(27)12-10-16-17-14(7-9-26(16)11-12)18(25-24-17)23-20(28)13-5-3-4-6-15(13)21/h2-6,10-11H,1,7-9H2,(H,22,27)(H2,23,24,25,28). The van der Waals surface area contributed by atoms with Gasteiger partial charge in [-0.15, -0.1) is 6.58 Å². The average Bonchev–Trinajstić information content (AvgIpc) is 3.30. The van der Waals surface area contributed by atoms with E-state index in [0.29, 0.717) is 41.5 Å². The zero-order valence-corrected chi connectivity index (χ0v) is 15.7. The molecule has 0 fully saturated rings. The van der Waals surface area contributed by atoms with E-state index in [1.54, 1.807) is 30.3 Å². The third-order valence-electron chi connectivity index (χ3n) is 4.64. The van der Waals surface area contributed by atoms with Gasteiger partial charge in [-0.1, -0.05) is 29.8 Å². The molecule has 0 atom stereocenters. The zero-order chi connectivity index (χ0) is 19.7. The van der Waals surface area contributed by atoms with Gasteiger partial charge in [0, 0.05) is 24.8 Å². The summed E-state index contributed by atoms with van der Waals surface area (Å²) in [5.74, 6) is 0.00508. The Kier molecular flexibility index (Phi) is 4.75. The molecular weight excluding hydrogens is 378 g/mol. The minimum atomic E-state index is -0.314. The topological polar surface area (TPSA) is 91.8 Å². The second kappa shape index (κ2) is 7.36. The van der Waals surface area contributed by atoms with Gasteiger partial charge in [0.05, 0.1) is 27.5 Å². The number of fused-ring (bicyclic) bond motifs is 3. The normalized spacial score (nSPS) is 12.0. The van der Waals surface area contributed by atoms with Crippen LogP contribution in [0.25, 0.3) is 11.4 Å². The van der Waals surface area contributed by atoms with E-state index in [-0.39, 0.29) is 11.8 Å². The maximum atomic E-state index is 12.5. The van der Waals surface area contributed by atoms with Crippen LogP contribution in [0, 0.1) is 0 Å². The molecule has 28 heavy (non-hydrogen) atoms. The number of halogens is 1. The lowest BCUT2D eigenvalue weighted by Crippen LogP contribution is -2.22. The number of hydrogen-bond donors (Lipinski definition) is 3. The predicted octanol–water partition coefficient (Wildman–Crippen LogP) is 3.26. The van der Waals surface area contributed by atoms with E-state index in [1.165, 1.54) is 0 Å². The van der Waals surface area contributed by atoms with Crippen molar-refractivity contribution in [1.29, 1.82) is 0 Å². The van der Waals surface area contributed by atoms with Crippen LogP contribution in [0.4, 0.5) is 5.82 Å². The van der Waals surface area contributed by atoms with Crippen LogP contribution in [-0.2, 0) is 13.0 Å². The summed E-state index contributed by atoms with van der Waals surface area (Å²) in [4.78, 5) is 24.7. The maximum absolute atomic E-state index is 12.5. The van der Waals surface area contributed by atoms with E-state index < -0.39 is 0 Å². The number of H-pyrrole nitrogens is 1. The Morgan fingerprint density at radius 3 is 2.93 bits per heavy atom. The first kappa shape index (κ1) is 18.1. The van der Waals surface area contributed by atoms with Gasteiger partial charge in [0.15, 0.2) is 5.82 Å². The second-order valence-corrected chi connectivity index (χ2v) is 6.82. The second-order valence-electron chi connectivity index (χ2n) is 6.42. The monoisotopic (exact) mass is 395 g/mol. The number of rotatable bonds is 5. The zero-order valence-electron chi connectivity index (χ0n) is 15.0. The van der Waals surface area contributed by atoms with Crippen molar-refractivity contribution < 1.29 is 9.59 Å². The molecule has 0 spiro atoms. The number of aromatic amines is 1. The molecule has 1 aliphatic rings. The lowest BCUT2D eigenvalue weighted by Gasteiger charge is -2.16. The number of anilines is 1. The molecule has 2 aromatic heterocycles. The fourth-order valence-corrected chi connectivity index (χ4v) is 3.49. The van der Waals surface area contributed by atoms with Crippen molar-refractivity contribution in [2.45, 2.75) is 13.0 Å². The number of carbonyl (C=O) groups is 2. The van der Waals surface area contributed by atoms with Crippen LogP contribution in [0.2, 0.25) is 5.02 Å². The summed E-state index contributed by atoms with van der Waals surface area (Å²) in [6.45, 7) is 4.69. The molecule has 3 N–H and O–H groups in total. The van der Waals surface area contributed by atoms with Crippen LogP contribution in [0.3, 0.4) is 0 Å². The molecule has 1 aromatic carbocycles. The SMILES string of the molecule is C=CCNC(=O)c1cc2n(c1)CCc1c(NC(=O)c3ccccc3Cl)n[nH]c1-2. The van der Waals surface area contributed by atoms with Crippen LogP contribution in [0.1, 0.15) is 26.3 Å². The number of benzene rings is 1. The van der Waals surface area contributed by atoms with E-state index in [9.17, 15) is 9.59 Å². The highest BCUT2D eigenvalue weighted by Gasteiger charge is 2.25. The third kappa shape index (κ3) is 3.20. The number of nitrogens with zero attached hydrogens (tertiary/aromatic N) is 2. The number of carbonyl (C=O) groups excluding carboxylic acids is 2. The van der Waals surface area contributed by atoms with Crippen molar-refractivity contribution in [3.63, 3.8) is 0 Å². The van der Waals surface area contributed by atoms with Gasteiger partial charge >= 0.3 is 0 Å². The van der Waals surface area contributed by atoms with E-state index in [1.807, 2.05) is 16.8 Å². The molecule has 0 aliphatic carbocycles. The number of nitrogens with one attached hydrogen (secondary N) is 3. The molecule has 0 unspecified atom stereocenters. The largest absolute Gasteiger partial charge is 0.349 e. The van der Waals surface area contributed by atoms with E-state index in [0.717, 1.165) is 17.0 Å². The highest BCUT2D eigenvalue weighted by atomic mass is 35.5. The quantitative estimate of drug-likeness (QED) is 0.579. The highest BCUT2D eigenvalue weighted by molar-refractivity contribution is 6.34. The van der Waals surface area contributed by atoms with Gasteiger partial charge in [0.25, 0.3) is 11.8 Å². The van der Waals surface area contributed by atoms with E-state index in [4.69, 9.17) is 11.6 Å². The van der Waals surface area contributed by atoms with Gasteiger partial charge in [-0.05, 0) is 24.6 Å². The Morgan fingerprint density at radius 2 is 2.14 bits per heavy atom. The lowest BCUT2D eigenvalue weighted by molar-refractivity contribution is 0.0957. The van der Waals surface area contributed by atoms with E-state index >= 15 is 0 Å². The first-order valence-electron chi connectivity index (χ1n) is 8.81. The van der Waals surface area contributed by atoms with E-state index in [2.05, 4.69) is 27.4 Å². The average molecular weight is 396 g/mol. The molecule has 0 radical (unpaired) electrons. The molecule has 0 bridgehead atoms. The maximum Gasteiger partial charge on any atom is 0.258 e. The van der Waals surface area contributed by atoms with Crippen LogP contribution < -0.4 is 10.6 Å². The van der Waals surface area contributed by atoms with Crippen LogP contribution in [-0.4, -0.2) is 33.1 Å². The predicted molar refractivity (Wildman–Crippen MR) is 108 cm³/mol. The highest BCUT2D eigenvalue weighted by Crippen LogP contribution is 2.33. The fraction of sp³-hybridized carbons (Fsp3) is 0.150. The summed E-state index contributed by atoms with van der Waals surface area (Å²) in [6.07, 6.45) is 4.13. The molecule has 3 aromatic rings. The van der Waals surface area contributed by atoms with Gasteiger partial charge in [-0.25, -0.2) is 0 Å². The number of hydrogen-bond acceptors (Lipinski definition) is 3. The van der Waals surface area contributed by atoms with Crippen molar-refractivity contribution in [3.05, 3.63) is 70.9 Å². The molecule has 4 rings (SSSR count). The smallest absolute Gasteiger partial charge is 0.258 e. The summed E-state index contributed by atoms with van der Waals surface area (Å²) in [5, 5.41) is 13.2. The van der Waals surface area contributed by atoms with Crippen LogP contribution in [0.15, 0.2) is 49.2 Å². The molecule has 0 saturated heterocycles. The van der Waals surface area contributed by atoms with Gasteiger partial charge in [-0.3, -0.25) is 14.7 Å². The van der Waals surface area contributed by atoms with Crippen LogP contribution >= 0.6 is 11.6 Å². The first-order chi connectivity index (χ1) is 13.6.